The highest BCUT2D eigenvalue weighted by molar-refractivity contribution is 4.79. The molecule has 3 heteroatoms. The van der Waals surface area contributed by atoms with Crippen LogP contribution in [0.1, 0.15) is 19.3 Å². The molecule has 0 amide bonds. The van der Waals surface area contributed by atoms with Crippen molar-refractivity contribution in [2.24, 2.45) is 5.92 Å². The number of halogens is 1. The fraction of sp³-hybridized carbons (Fsp3) is 1.00. The van der Waals surface area contributed by atoms with Crippen LogP contribution in [0, 0.1) is 5.92 Å². The monoisotopic (exact) mass is 186 g/mol. The predicted octanol–water partition coefficient (Wildman–Crippen LogP) is 1.03. The lowest BCUT2D eigenvalue weighted by Gasteiger charge is -2.27. The van der Waals surface area contributed by atoms with Crippen molar-refractivity contribution >= 4 is 0 Å². The van der Waals surface area contributed by atoms with Crippen LogP contribution in [0.4, 0.5) is 4.39 Å². The molecule has 0 aromatic carbocycles. The van der Waals surface area contributed by atoms with Gasteiger partial charge >= 0.3 is 0 Å². The Balaban J connectivity index is 1.71. The smallest absolute Gasteiger partial charge is 0.114 e. The number of rotatable bonds is 2. The second-order valence-corrected chi connectivity index (χ2v) is 4.36. The number of piperidine rings is 1. The van der Waals surface area contributed by atoms with E-state index in [0.29, 0.717) is 6.54 Å². The SMILES string of the molecule is FC1CCN(C[C@@H]2CCCNC2)C1. The number of alkyl halides is 1. The zero-order valence-corrected chi connectivity index (χ0v) is 8.14. The molecule has 2 aliphatic heterocycles. The van der Waals surface area contributed by atoms with E-state index < -0.39 is 6.17 Å². The number of nitrogens with zero attached hydrogens (tertiary/aromatic N) is 1. The Morgan fingerprint density at radius 2 is 2.31 bits per heavy atom. The van der Waals surface area contributed by atoms with Gasteiger partial charge in [0.05, 0.1) is 0 Å². The Morgan fingerprint density at radius 3 is 2.92 bits per heavy atom. The van der Waals surface area contributed by atoms with E-state index in [2.05, 4.69) is 10.2 Å². The van der Waals surface area contributed by atoms with Crippen molar-refractivity contribution in [3.8, 4) is 0 Å². The molecule has 0 spiro atoms. The highest BCUT2D eigenvalue weighted by Crippen LogP contribution is 2.17. The second kappa shape index (κ2) is 4.38. The van der Waals surface area contributed by atoms with Crippen LogP contribution in [0.25, 0.3) is 0 Å². The Morgan fingerprint density at radius 1 is 1.38 bits per heavy atom. The summed E-state index contributed by atoms with van der Waals surface area (Å²) >= 11 is 0. The molecule has 0 bridgehead atoms. The van der Waals surface area contributed by atoms with Gasteiger partial charge in [-0.1, -0.05) is 0 Å². The summed E-state index contributed by atoms with van der Waals surface area (Å²) in [6, 6.07) is 0. The first-order valence-corrected chi connectivity index (χ1v) is 5.42. The van der Waals surface area contributed by atoms with E-state index in [1.165, 1.54) is 19.4 Å². The molecule has 2 nitrogen and oxygen atoms in total. The first-order chi connectivity index (χ1) is 6.34. The summed E-state index contributed by atoms with van der Waals surface area (Å²) in [5.74, 6) is 0.763. The Hall–Kier alpha value is -0.150. The maximum Gasteiger partial charge on any atom is 0.114 e. The van der Waals surface area contributed by atoms with Gasteiger partial charge in [-0.2, -0.15) is 0 Å². The van der Waals surface area contributed by atoms with Crippen LogP contribution in [0.3, 0.4) is 0 Å². The zero-order chi connectivity index (χ0) is 9.10. The summed E-state index contributed by atoms with van der Waals surface area (Å²) in [6.45, 7) is 5.05. The Kier molecular flexibility index (Phi) is 3.17. The van der Waals surface area contributed by atoms with E-state index in [-0.39, 0.29) is 0 Å². The predicted molar refractivity (Wildman–Crippen MR) is 51.5 cm³/mol. The summed E-state index contributed by atoms with van der Waals surface area (Å²) in [5, 5.41) is 3.40. The molecule has 76 valence electrons. The van der Waals surface area contributed by atoms with Gasteiger partial charge in [0.25, 0.3) is 0 Å². The molecule has 2 fully saturated rings. The molecule has 0 aromatic heterocycles. The van der Waals surface area contributed by atoms with E-state index in [9.17, 15) is 4.39 Å². The van der Waals surface area contributed by atoms with E-state index in [1.807, 2.05) is 0 Å². The van der Waals surface area contributed by atoms with Crippen molar-refractivity contribution in [3.05, 3.63) is 0 Å². The lowest BCUT2D eigenvalue weighted by atomic mass is 9.99. The highest BCUT2D eigenvalue weighted by Gasteiger charge is 2.24. The standard InChI is InChI=1S/C10H19FN2/c11-10-3-5-13(8-10)7-9-2-1-4-12-6-9/h9-10,12H,1-8H2/t9-,10?/m1/s1. The van der Waals surface area contributed by atoms with Crippen LogP contribution in [-0.4, -0.2) is 43.8 Å². The number of hydrogen-bond acceptors (Lipinski definition) is 2. The summed E-state index contributed by atoms with van der Waals surface area (Å²) in [6.07, 6.45) is 2.80. The summed E-state index contributed by atoms with van der Waals surface area (Å²) < 4.78 is 12.9. The molecular formula is C10H19FN2. The molecule has 2 saturated heterocycles. The van der Waals surface area contributed by atoms with Crippen molar-refractivity contribution in [2.75, 3.05) is 32.7 Å². The molecule has 0 aliphatic carbocycles. The lowest BCUT2D eigenvalue weighted by molar-refractivity contribution is 0.227. The minimum absolute atomic E-state index is 0.559. The van der Waals surface area contributed by atoms with Gasteiger partial charge in [0.2, 0.25) is 0 Å². The van der Waals surface area contributed by atoms with Gasteiger partial charge in [0, 0.05) is 19.6 Å². The van der Waals surface area contributed by atoms with Gasteiger partial charge in [-0.05, 0) is 38.3 Å². The van der Waals surface area contributed by atoms with Gasteiger partial charge in [0.1, 0.15) is 6.17 Å². The van der Waals surface area contributed by atoms with Crippen molar-refractivity contribution < 1.29 is 4.39 Å². The third kappa shape index (κ3) is 2.64. The van der Waals surface area contributed by atoms with E-state index in [1.54, 1.807) is 0 Å². The Bertz CT molecular complexity index is 154. The molecule has 0 saturated carbocycles. The van der Waals surface area contributed by atoms with Gasteiger partial charge in [-0.25, -0.2) is 4.39 Å². The third-order valence-electron chi connectivity index (χ3n) is 3.13. The molecule has 0 radical (unpaired) electrons. The molecular weight excluding hydrogens is 167 g/mol. The maximum atomic E-state index is 12.9. The normalized spacial score (nSPS) is 36.7. The number of nitrogens with one attached hydrogen (secondary N) is 1. The summed E-state index contributed by atoms with van der Waals surface area (Å²) in [5.41, 5.74) is 0. The minimum Gasteiger partial charge on any atom is -0.316 e. The van der Waals surface area contributed by atoms with Crippen LogP contribution in [0.5, 0.6) is 0 Å². The van der Waals surface area contributed by atoms with E-state index in [4.69, 9.17) is 0 Å². The third-order valence-corrected chi connectivity index (χ3v) is 3.13. The second-order valence-electron chi connectivity index (χ2n) is 4.36. The van der Waals surface area contributed by atoms with Gasteiger partial charge < -0.3 is 10.2 Å². The number of likely N-dealkylation sites (tertiary alicyclic amines) is 1. The largest absolute Gasteiger partial charge is 0.316 e. The highest BCUT2D eigenvalue weighted by atomic mass is 19.1. The average Bonchev–Trinajstić information content (AvgIpc) is 2.53. The average molecular weight is 186 g/mol. The zero-order valence-electron chi connectivity index (χ0n) is 8.14. The van der Waals surface area contributed by atoms with E-state index in [0.717, 1.165) is 32.0 Å². The van der Waals surface area contributed by atoms with Crippen LogP contribution in [-0.2, 0) is 0 Å². The minimum atomic E-state index is -0.559. The summed E-state index contributed by atoms with van der Waals surface area (Å²) in [4.78, 5) is 2.28. The van der Waals surface area contributed by atoms with Crippen LogP contribution >= 0.6 is 0 Å². The topological polar surface area (TPSA) is 15.3 Å². The fourth-order valence-electron chi connectivity index (χ4n) is 2.40. The lowest BCUT2D eigenvalue weighted by Crippen LogP contribution is -2.37. The molecule has 13 heavy (non-hydrogen) atoms. The van der Waals surface area contributed by atoms with Crippen molar-refractivity contribution in [1.29, 1.82) is 0 Å². The van der Waals surface area contributed by atoms with Crippen LogP contribution in [0.15, 0.2) is 0 Å². The Labute approximate surface area is 79.5 Å². The molecule has 2 aliphatic rings. The molecule has 2 atom stereocenters. The van der Waals surface area contributed by atoms with Crippen LogP contribution < -0.4 is 5.32 Å². The van der Waals surface area contributed by atoms with Crippen molar-refractivity contribution in [2.45, 2.75) is 25.4 Å². The van der Waals surface area contributed by atoms with Gasteiger partial charge in [-0.15, -0.1) is 0 Å². The maximum absolute atomic E-state index is 12.9. The molecule has 1 N–H and O–H groups in total. The molecule has 1 unspecified atom stereocenters. The fourth-order valence-corrected chi connectivity index (χ4v) is 2.40. The first-order valence-electron chi connectivity index (χ1n) is 5.42. The molecule has 0 aromatic rings. The molecule has 2 rings (SSSR count). The number of hydrogen-bond donors (Lipinski definition) is 1. The first kappa shape index (κ1) is 9.41. The van der Waals surface area contributed by atoms with E-state index >= 15 is 0 Å². The quantitative estimate of drug-likeness (QED) is 0.693. The van der Waals surface area contributed by atoms with Gasteiger partial charge in [-0.3, -0.25) is 0 Å². The van der Waals surface area contributed by atoms with Crippen molar-refractivity contribution in [1.82, 2.24) is 10.2 Å². The summed E-state index contributed by atoms with van der Waals surface area (Å²) in [7, 11) is 0. The van der Waals surface area contributed by atoms with Crippen LogP contribution in [0.2, 0.25) is 0 Å². The van der Waals surface area contributed by atoms with Gasteiger partial charge in [0.15, 0.2) is 0 Å². The van der Waals surface area contributed by atoms with Crippen molar-refractivity contribution in [3.63, 3.8) is 0 Å². The molecule has 2 heterocycles.